The second kappa shape index (κ2) is 6.93. The van der Waals surface area contributed by atoms with Crippen LogP contribution in [0.4, 0.5) is 0 Å². The zero-order valence-corrected chi connectivity index (χ0v) is 14.0. The number of hydrogen-bond acceptors (Lipinski definition) is 3. The van der Waals surface area contributed by atoms with E-state index in [0.717, 1.165) is 37.5 Å². The first-order valence-electron chi connectivity index (χ1n) is 8.40. The lowest BCUT2D eigenvalue weighted by atomic mass is 9.74. The largest absolute Gasteiger partial charge is 0.374 e. The van der Waals surface area contributed by atoms with Crippen LogP contribution in [0.2, 0.25) is 0 Å². The van der Waals surface area contributed by atoms with Gasteiger partial charge < -0.3 is 10.5 Å². The van der Waals surface area contributed by atoms with E-state index in [0.29, 0.717) is 6.04 Å². The average molecular weight is 293 g/mol. The quantitative estimate of drug-likeness (QED) is 0.875. The fraction of sp³-hybridized carbons (Fsp3) is 0.824. The minimum atomic E-state index is -0.150. The van der Waals surface area contributed by atoms with Gasteiger partial charge >= 0.3 is 0 Å². The number of rotatable bonds is 6. The Morgan fingerprint density at radius 3 is 2.62 bits per heavy atom. The summed E-state index contributed by atoms with van der Waals surface area (Å²) in [4.78, 5) is 0. The Hall–Kier alpha value is -0.870. The third-order valence-corrected chi connectivity index (χ3v) is 4.85. The Morgan fingerprint density at radius 2 is 2.10 bits per heavy atom. The monoisotopic (exact) mass is 293 g/mol. The summed E-state index contributed by atoms with van der Waals surface area (Å²) < 4.78 is 8.15. The molecule has 0 saturated heterocycles. The molecule has 21 heavy (non-hydrogen) atoms. The van der Waals surface area contributed by atoms with Gasteiger partial charge in [0.1, 0.15) is 0 Å². The van der Waals surface area contributed by atoms with Crippen LogP contribution in [0.15, 0.2) is 12.3 Å². The zero-order valence-electron chi connectivity index (χ0n) is 14.0. The average Bonchev–Trinajstić information content (AvgIpc) is 2.90. The second-order valence-electron chi connectivity index (χ2n) is 6.87. The summed E-state index contributed by atoms with van der Waals surface area (Å²) in [6.07, 6.45) is 7.43. The molecule has 1 aromatic heterocycles. The molecule has 1 saturated carbocycles. The Bertz CT molecular complexity index is 433. The van der Waals surface area contributed by atoms with Crippen LogP contribution >= 0.6 is 0 Å². The Morgan fingerprint density at radius 1 is 1.43 bits per heavy atom. The van der Waals surface area contributed by atoms with E-state index in [1.807, 2.05) is 10.9 Å². The summed E-state index contributed by atoms with van der Waals surface area (Å²) in [5.74, 6) is 0.797. The van der Waals surface area contributed by atoms with Gasteiger partial charge in [-0.25, -0.2) is 0 Å². The molecule has 1 aromatic rings. The minimum Gasteiger partial charge on any atom is -0.374 e. The van der Waals surface area contributed by atoms with Crippen LogP contribution in [0.1, 0.15) is 65.1 Å². The molecule has 0 amide bonds. The molecule has 0 aliphatic heterocycles. The molecule has 1 unspecified atom stereocenters. The second-order valence-corrected chi connectivity index (χ2v) is 6.87. The lowest BCUT2D eigenvalue weighted by molar-refractivity contribution is -0.0885. The summed E-state index contributed by atoms with van der Waals surface area (Å²) in [6, 6.07) is 2.51. The first kappa shape index (κ1) is 16.5. The van der Waals surface area contributed by atoms with Crippen molar-refractivity contribution >= 4 is 0 Å². The molecule has 1 fully saturated rings. The molecule has 1 heterocycles. The summed E-state index contributed by atoms with van der Waals surface area (Å²) in [5, 5.41) is 4.63. The molecular weight excluding hydrogens is 262 g/mol. The Labute approximate surface area is 129 Å². The summed E-state index contributed by atoms with van der Waals surface area (Å²) in [5.41, 5.74) is 7.49. The van der Waals surface area contributed by atoms with Gasteiger partial charge in [-0.15, -0.1) is 0 Å². The van der Waals surface area contributed by atoms with Crippen LogP contribution in [-0.2, 0) is 11.2 Å². The number of aromatic nitrogens is 2. The van der Waals surface area contributed by atoms with E-state index in [4.69, 9.17) is 10.5 Å². The van der Waals surface area contributed by atoms with Crippen LogP contribution in [0, 0.1) is 5.92 Å². The molecule has 2 N–H and O–H groups in total. The van der Waals surface area contributed by atoms with E-state index in [1.165, 1.54) is 12.8 Å². The third kappa shape index (κ3) is 3.86. The normalized spacial score (nSPS) is 28.0. The van der Waals surface area contributed by atoms with Crippen molar-refractivity contribution in [1.29, 1.82) is 0 Å². The molecule has 0 aromatic carbocycles. The minimum absolute atomic E-state index is 0.0282. The van der Waals surface area contributed by atoms with Gasteiger partial charge in [0.05, 0.1) is 11.3 Å². The molecule has 4 heteroatoms. The highest BCUT2D eigenvalue weighted by Crippen LogP contribution is 2.37. The summed E-state index contributed by atoms with van der Waals surface area (Å²) in [7, 11) is 0. The molecule has 120 valence electrons. The maximum absolute atomic E-state index is 6.56. The maximum Gasteiger partial charge on any atom is 0.0836 e. The van der Waals surface area contributed by atoms with E-state index in [2.05, 4.69) is 38.9 Å². The number of hydrogen-bond donors (Lipinski definition) is 1. The van der Waals surface area contributed by atoms with Crippen molar-refractivity contribution in [3.8, 4) is 0 Å². The van der Waals surface area contributed by atoms with Gasteiger partial charge in [0.15, 0.2) is 0 Å². The summed E-state index contributed by atoms with van der Waals surface area (Å²) >= 11 is 0. The highest BCUT2D eigenvalue weighted by atomic mass is 16.5. The Balaban J connectivity index is 2.05. The molecule has 2 rings (SSSR count). The maximum atomic E-state index is 6.56. The van der Waals surface area contributed by atoms with Crippen molar-refractivity contribution in [2.24, 2.45) is 11.7 Å². The topological polar surface area (TPSA) is 53.1 Å². The molecule has 4 nitrogen and oxygen atoms in total. The van der Waals surface area contributed by atoms with Gasteiger partial charge in [-0.3, -0.25) is 4.68 Å². The predicted molar refractivity (Wildman–Crippen MR) is 86.3 cm³/mol. The van der Waals surface area contributed by atoms with E-state index < -0.39 is 0 Å². The third-order valence-electron chi connectivity index (χ3n) is 4.85. The van der Waals surface area contributed by atoms with Gasteiger partial charge in [0, 0.05) is 31.3 Å². The number of ether oxygens (including phenoxy) is 1. The lowest BCUT2D eigenvalue weighted by Gasteiger charge is -2.43. The number of nitrogens with two attached hydrogens (primary N) is 1. The fourth-order valence-electron chi connectivity index (χ4n) is 3.35. The van der Waals surface area contributed by atoms with Gasteiger partial charge in [0.25, 0.3) is 0 Å². The van der Waals surface area contributed by atoms with Gasteiger partial charge in [-0.1, -0.05) is 6.92 Å². The summed E-state index contributed by atoms with van der Waals surface area (Å²) in [6.45, 7) is 9.41. The van der Waals surface area contributed by atoms with Crippen molar-refractivity contribution in [3.63, 3.8) is 0 Å². The van der Waals surface area contributed by atoms with Crippen LogP contribution in [0.25, 0.3) is 0 Å². The van der Waals surface area contributed by atoms with E-state index in [9.17, 15) is 0 Å². The van der Waals surface area contributed by atoms with Crippen LogP contribution in [0.5, 0.6) is 0 Å². The molecule has 1 atom stereocenters. The van der Waals surface area contributed by atoms with E-state index in [1.54, 1.807) is 0 Å². The first-order valence-corrected chi connectivity index (χ1v) is 8.40. The smallest absolute Gasteiger partial charge is 0.0836 e. The van der Waals surface area contributed by atoms with Crippen molar-refractivity contribution in [2.75, 3.05) is 6.61 Å². The standard InChI is InChI=1S/C17H31N3O/c1-5-21-17(9-6-14(4)7-10-17)16(18)12-15-8-11-20(19-15)13(2)3/h8,11,13-14,16H,5-7,9-10,12,18H2,1-4H3. The van der Waals surface area contributed by atoms with Crippen LogP contribution in [0.3, 0.4) is 0 Å². The van der Waals surface area contributed by atoms with Crippen LogP contribution in [-0.4, -0.2) is 28.0 Å². The van der Waals surface area contributed by atoms with Gasteiger partial charge in [-0.2, -0.15) is 5.10 Å². The molecular formula is C17H31N3O. The van der Waals surface area contributed by atoms with Crippen molar-refractivity contribution in [3.05, 3.63) is 18.0 Å². The van der Waals surface area contributed by atoms with Gasteiger partial charge in [-0.05, 0) is 58.4 Å². The van der Waals surface area contributed by atoms with Gasteiger partial charge in [0.2, 0.25) is 0 Å². The molecule has 0 radical (unpaired) electrons. The number of nitrogens with zero attached hydrogens (tertiary/aromatic N) is 2. The highest BCUT2D eigenvalue weighted by molar-refractivity contribution is 5.06. The molecule has 0 spiro atoms. The van der Waals surface area contributed by atoms with E-state index in [-0.39, 0.29) is 11.6 Å². The zero-order chi connectivity index (χ0) is 15.5. The molecule has 1 aliphatic carbocycles. The van der Waals surface area contributed by atoms with Crippen molar-refractivity contribution in [1.82, 2.24) is 9.78 Å². The van der Waals surface area contributed by atoms with Crippen LogP contribution < -0.4 is 5.73 Å². The Kier molecular flexibility index (Phi) is 5.44. The SMILES string of the molecule is CCOC1(C(N)Cc2ccn(C(C)C)n2)CCC(C)CC1. The van der Waals surface area contributed by atoms with Crippen molar-refractivity contribution in [2.45, 2.75) is 77.5 Å². The highest BCUT2D eigenvalue weighted by Gasteiger charge is 2.40. The predicted octanol–water partition coefficient (Wildman–Crippen LogP) is 3.32. The molecule has 0 bridgehead atoms. The first-order chi connectivity index (χ1) is 9.97. The van der Waals surface area contributed by atoms with E-state index >= 15 is 0 Å². The van der Waals surface area contributed by atoms with Crippen molar-refractivity contribution < 1.29 is 4.74 Å². The molecule has 1 aliphatic rings. The lowest BCUT2D eigenvalue weighted by Crippen LogP contribution is -2.53. The fourth-order valence-corrected chi connectivity index (χ4v) is 3.35.